The number of nitrogens with zero attached hydrogens (tertiary/aromatic N) is 3. The number of hydrogen-bond donors (Lipinski definition) is 0. The summed E-state index contributed by atoms with van der Waals surface area (Å²) in [6, 6.07) is 4.69. The van der Waals surface area contributed by atoms with Gasteiger partial charge in [-0.15, -0.1) is 11.3 Å². The Morgan fingerprint density at radius 3 is 2.86 bits per heavy atom. The standard InChI is InChI=1S/C14H19N3O3S2/c1-11-6-7-13(21-11)22(19,20)17-10-3-5-12(17)14(18)16(2)9-4-8-15/h6-7,12H,3-5,9-10H2,1-2H3. The van der Waals surface area contributed by atoms with Gasteiger partial charge < -0.3 is 4.90 Å². The minimum atomic E-state index is -3.63. The fourth-order valence-corrected chi connectivity index (χ4v) is 5.59. The zero-order valence-electron chi connectivity index (χ0n) is 12.7. The van der Waals surface area contributed by atoms with Crippen LogP contribution in [0.25, 0.3) is 0 Å². The SMILES string of the molecule is Cc1ccc(S(=O)(=O)N2CCCC2C(=O)N(C)CCC#N)s1. The van der Waals surface area contributed by atoms with E-state index in [1.165, 1.54) is 20.5 Å². The number of thiophene rings is 1. The summed E-state index contributed by atoms with van der Waals surface area (Å²) >= 11 is 1.22. The first-order chi connectivity index (χ1) is 10.4. The van der Waals surface area contributed by atoms with E-state index < -0.39 is 16.1 Å². The van der Waals surface area contributed by atoms with Gasteiger partial charge in [-0.2, -0.15) is 9.57 Å². The molecule has 0 spiro atoms. The van der Waals surface area contributed by atoms with Crippen molar-refractivity contribution < 1.29 is 13.2 Å². The van der Waals surface area contributed by atoms with Gasteiger partial charge in [0.25, 0.3) is 10.0 Å². The molecule has 2 rings (SSSR count). The Balaban J connectivity index is 2.20. The molecule has 2 heterocycles. The Kier molecular flexibility index (Phi) is 5.21. The average Bonchev–Trinajstić information content (AvgIpc) is 3.12. The van der Waals surface area contributed by atoms with E-state index in [1.807, 2.05) is 13.0 Å². The largest absolute Gasteiger partial charge is 0.343 e. The molecule has 1 aliphatic rings. The molecule has 1 saturated heterocycles. The van der Waals surface area contributed by atoms with Crippen LogP contribution in [0.4, 0.5) is 0 Å². The maximum Gasteiger partial charge on any atom is 0.253 e. The van der Waals surface area contributed by atoms with Crippen LogP contribution in [0.3, 0.4) is 0 Å². The molecule has 1 aliphatic heterocycles. The lowest BCUT2D eigenvalue weighted by atomic mass is 10.2. The van der Waals surface area contributed by atoms with Crippen LogP contribution in [0, 0.1) is 18.3 Å². The second-order valence-corrected chi connectivity index (χ2v) is 8.71. The molecule has 1 aromatic heterocycles. The highest BCUT2D eigenvalue weighted by Crippen LogP contribution is 2.30. The Hall–Kier alpha value is -1.43. The molecule has 0 aromatic carbocycles. The van der Waals surface area contributed by atoms with Gasteiger partial charge in [-0.25, -0.2) is 8.42 Å². The van der Waals surface area contributed by atoms with Crippen molar-refractivity contribution in [3.63, 3.8) is 0 Å². The molecule has 0 radical (unpaired) electrons. The normalized spacial score (nSPS) is 19.0. The zero-order valence-corrected chi connectivity index (χ0v) is 14.3. The predicted molar refractivity (Wildman–Crippen MR) is 83.8 cm³/mol. The molecule has 8 heteroatoms. The van der Waals surface area contributed by atoms with Crippen LogP contribution in [0.15, 0.2) is 16.3 Å². The smallest absolute Gasteiger partial charge is 0.253 e. The third-order valence-corrected chi connectivity index (χ3v) is 7.08. The number of amides is 1. The second-order valence-electron chi connectivity index (χ2n) is 5.31. The van der Waals surface area contributed by atoms with Gasteiger partial charge in [0.15, 0.2) is 0 Å². The van der Waals surface area contributed by atoms with E-state index in [-0.39, 0.29) is 16.5 Å². The lowest BCUT2D eigenvalue weighted by Gasteiger charge is -2.26. The summed E-state index contributed by atoms with van der Waals surface area (Å²) in [5.41, 5.74) is 0. The van der Waals surface area contributed by atoms with E-state index in [4.69, 9.17) is 5.26 Å². The first-order valence-electron chi connectivity index (χ1n) is 7.08. The van der Waals surface area contributed by atoms with Crippen molar-refractivity contribution in [2.24, 2.45) is 0 Å². The molecule has 1 amide bonds. The van der Waals surface area contributed by atoms with Crippen LogP contribution in [-0.4, -0.2) is 49.7 Å². The summed E-state index contributed by atoms with van der Waals surface area (Å²) in [4.78, 5) is 14.8. The molecular weight excluding hydrogens is 322 g/mol. The van der Waals surface area contributed by atoms with Gasteiger partial charge in [0.05, 0.1) is 12.5 Å². The lowest BCUT2D eigenvalue weighted by molar-refractivity contribution is -0.133. The van der Waals surface area contributed by atoms with Crippen LogP contribution < -0.4 is 0 Å². The summed E-state index contributed by atoms with van der Waals surface area (Å²) in [6.45, 7) is 2.53. The summed E-state index contributed by atoms with van der Waals surface area (Å²) in [6.07, 6.45) is 1.44. The zero-order chi connectivity index (χ0) is 16.3. The molecular formula is C14H19N3O3S2. The van der Waals surface area contributed by atoms with E-state index in [2.05, 4.69) is 0 Å². The van der Waals surface area contributed by atoms with Crippen molar-refractivity contribution in [3.05, 3.63) is 17.0 Å². The Bertz CT molecular complexity index is 690. The molecule has 0 aliphatic carbocycles. The van der Waals surface area contributed by atoms with Crippen molar-refractivity contribution in [2.75, 3.05) is 20.1 Å². The fourth-order valence-electron chi connectivity index (χ4n) is 2.52. The molecule has 1 fully saturated rings. The number of rotatable bonds is 5. The minimum absolute atomic E-state index is 0.232. The maximum atomic E-state index is 12.7. The van der Waals surface area contributed by atoms with Gasteiger partial charge in [-0.05, 0) is 31.9 Å². The highest BCUT2D eigenvalue weighted by Gasteiger charge is 2.40. The van der Waals surface area contributed by atoms with Crippen molar-refractivity contribution >= 4 is 27.3 Å². The van der Waals surface area contributed by atoms with E-state index in [1.54, 1.807) is 19.2 Å². The first kappa shape index (κ1) is 16.9. The van der Waals surface area contributed by atoms with E-state index in [0.29, 0.717) is 25.9 Å². The van der Waals surface area contributed by atoms with Crippen LogP contribution in [0.1, 0.15) is 24.1 Å². The third-order valence-electron chi connectivity index (χ3n) is 3.70. The van der Waals surface area contributed by atoms with Gasteiger partial charge in [0.2, 0.25) is 5.91 Å². The van der Waals surface area contributed by atoms with Crippen LogP contribution in [-0.2, 0) is 14.8 Å². The number of carbonyl (C=O) groups is 1. The molecule has 1 atom stereocenters. The van der Waals surface area contributed by atoms with E-state index in [0.717, 1.165) is 4.88 Å². The summed E-state index contributed by atoms with van der Waals surface area (Å²) in [7, 11) is -2.02. The van der Waals surface area contributed by atoms with Gasteiger partial charge in [-0.1, -0.05) is 0 Å². The van der Waals surface area contributed by atoms with Crippen LogP contribution in [0.5, 0.6) is 0 Å². The number of aryl methyl sites for hydroxylation is 1. The first-order valence-corrected chi connectivity index (χ1v) is 9.34. The lowest BCUT2D eigenvalue weighted by Crippen LogP contribution is -2.46. The van der Waals surface area contributed by atoms with Gasteiger partial charge in [0, 0.05) is 25.0 Å². The van der Waals surface area contributed by atoms with Crippen LogP contribution >= 0.6 is 11.3 Å². The minimum Gasteiger partial charge on any atom is -0.343 e. The topological polar surface area (TPSA) is 81.5 Å². The van der Waals surface area contributed by atoms with Crippen molar-refractivity contribution in [1.29, 1.82) is 5.26 Å². The molecule has 1 aromatic rings. The molecule has 120 valence electrons. The average molecular weight is 341 g/mol. The Morgan fingerprint density at radius 2 is 2.27 bits per heavy atom. The van der Waals surface area contributed by atoms with Crippen molar-refractivity contribution in [1.82, 2.24) is 9.21 Å². The number of nitriles is 1. The maximum absolute atomic E-state index is 12.7. The van der Waals surface area contributed by atoms with Gasteiger partial charge >= 0.3 is 0 Å². The molecule has 0 saturated carbocycles. The number of likely N-dealkylation sites (N-methyl/N-ethyl adjacent to an activating group) is 1. The summed E-state index contributed by atoms with van der Waals surface area (Å²) < 4.78 is 27.0. The van der Waals surface area contributed by atoms with Crippen molar-refractivity contribution in [3.8, 4) is 6.07 Å². The highest BCUT2D eigenvalue weighted by molar-refractivity contribution is 7.91. The molecule has 6 nitrogen and oxygen atoms in total. The molecule has 22 heavy (non-hydrogen) atoms. The Labute approximate surface area is 135 Å². The highest BCUT2D eigenvalue weighted by atomic mass is 32.2. The fraction of sp³-hybridized carbons (Fsp3) is 0.571. The van der Waals surface area contributed by atoms with E-state index in [9.17, 15) is 13.2 Å². The number of sulfonamides is 1. The molecule has 0 bridgehead atoms. The Morgan fingerprint density at radius 1 is 1.55 bits per heavy atom. The predicted octanol–water partition coefficient (Wildman–Crippen LogP) is 1.58. The van der Waals surface area contributed by atoms with Crippen LogP contribution in [0.2, 0.25) is 0 Å². The monoisotopic (exact) mass is 341 g/mol. The quantitative estimate of drug-likeness (QED) is 0.814. The second kappa shape index (κ2) is 6.77. The number of hydrogen-bond acceptors (Lipinski definition) is 5. The molecule has 1 unspecified atom stereocenters. The summed E-state index contributed by atoms with van der Waals surface area (Å²) in [5, 5.41) is 8.60. The number of carbonyl (C=O) groups excluding carboxylic acids is 1. The van der Waals surface area contributed by atoms with Crippen molar-refractivity contribution in [2.45, 2.75) is 36.4 Å². The van der Waals surface area contributed by atoms with Gasteiger partial charge in [-0.3, -0.25) is 4.79 Å². The third kappa shape index (κ3) is 3.32. The summed E-state index contributed by atoms with van der Waals surface area (Å²) in [5.74, 6) is -0.232. The van der Waals surface area contributed by atoms with Gasteiger partial charge in [0.1, 0.15) is 10.3 Å². The molecule has 0 N–H and O–H groups in total. The van der Waals surface area contributed by atoms with E-state index >= 15 is 0 Å².